The van der Waals surface area contributed by atoms with Crippen LogP contribution in [-0.4, -0.2) is 29.7 Å². The highest BCUT2D eigenvalue weighted by atomic mass is 16.5. The van der Waals surface area contributed by atoms with Crippen molar-refractivity contribution in [1.82, 2.24) is 15.3 Å². The quantitative estimate of drug-likeness (QED) is 0.797. The van der Waals surface area contributed by atoms with E-state index in [2.05, 4.69) is 34.3 Å². The fraction of sp³-hybridized carbons (Fsp3) is 0.474. The lowest BCUT2D eigenvalue weighted by molar-refractivity contribution is 0.184. The van der Waals surface area contributed by atoms with Crippen molar-refractivity contribution < 1.29 is 4.74 Å². The van der Waals surface area contributed by atoms with Gasteiger partial charge in [0.1, 0.15) is 0 Å². The Bertz CT molecular complexity index is 606. The maximum atomic E-state index is 5.40. The van der Waals surface area contributed by atoms with Crippen LogP contribution in [0.1, 0.15) is 30.4 Å². The number of hydrogen-bond acceptors (Lipinski definition) is 4. The van der Waals surface area contributed by atoms with Gasteiger partial charge in [0, 0.05) is 43.3 Å². The zero-order valence-electron chi connectivity index (χ0n) is 13.8. The molecular formula is C19H25N3O. The number of rotatable bonds is 7. The second-order valence-electron chi connectivity index (χ2n) is 6.33. The highest BCUT2D eigenvalue weighted by Crippen LogP contribution is 2.17. The lowest BCUT2D eigenvalue weighted by Crippen LogP contribution is -2.16. The number of nitrogens with zero attached hydrogens (tertiary/aromatic N) is 2. The lowest BCUT2D eigenvalue weighted by atomic mass is 10.0. The van der Waals surface area contributed by atoms with Crippen molar-refractivity contribution in [1.29, 1.82) is 0 Å². The largest absolute Gasteiger partial charge is 0.381 e. The summed E-state index contributed by atoms with van der Waals surface area (Å²) >= 11 is 0. The number of aryl methyl sites for hydroxylation is 1. The van der Waals surface area contributed by atoms with E-state index < -0.39 is 0 Å². The number of benzene rings is 1. The molecule has 1 saturated heterocycles. The van der Waals surface area contributed by atoms with Crippen LogP contribution in [0.15, 0.2) is 36.7 Å². The number of nitrogens with one attached hydrogen (secondary N) is 1. The Labute approximate surface area is 138 Å². The van der Waals surface area contributed by atoms with E-state index in [-0.39, 0.29) is 0 Å². The Balaban J connectivity index is 1.42. The Hall–Kier alpha value is -1.78. The smallest absolute Gasteiger partial charge is 0.159 e. The van der Waals surface area contributed by atoms with E-state index in [1.807, 2.05) is 24.5 Å². The molecule has 1 fully saturated rings. The first-order chi connectivity index (χ1) is 11.3. The molecule has 3 rings (SSSR count). The second kappa shape index (κ2) is 8.18. The zero-order chi connectivity index (χ0) is 15.9. The van der Waals surface area contributed by atoms with Gasteiger partial charge in [0.15, 0.2) is 5.82 Å². The van der Waals surface area contributed by atoms with Crippen molar-refractivity contribution in [3.05, 3.63) is 47.8 Å². The number of aromatic nitrogens is 2. The summed E-state index contributed by atoms with van der Waals surface area (Å²) in [6.45, 7) is 5.85. The van der Waals surface area contributed by atoms with Crippen molar-refractivity contribution >= 4 is 0 Å². The SMILES string of the molecule is Cc1cccc(-c2ncc(CNCCCC3CCOC3)cn2)c1. The summed E-state index contributed by atoms with van der Waals surface area (Å²) in [4.78, 5) is 8.97. The summed E-state index contributed by atoms with van der Waals surface area (Å²) in [6, 6.07) is 8.28. The molecule has 4 nitrogen and oxygen atoms in total. The van der Waals surface area contributed by atoms with E-state index in [0.29, 0.717) is 0 Å². The van der Waals surface area contributed by atoms with Crippen LogP contribution in [0.2, 0.25) is 0 Å². The molecule has 23 heavy (non-hydrogen) atoms. The maximum Gasteiger partial charge on any atom is 0.159 e. The van der Waals surface area contributed by atoms with E-state index in [1.54, 1.807) is 0 Å². The zero-order valence-corrected chi connectivity index (χ0v) is 13.8. The fourth-order valence-corrected chi connectivity index (χ4v) is 2.94. The molecule has 0 saturated carbocycles. The number of hydrogen-bond donors (Lipinski definition) is 1. The Kier molecular flexibility index (Phi) is 5.72. The molecule has 2 heterocycles. The first-order valence-corrected chi connectivity index (χ1v) is 8.48. The van der Waals surface area contributed by atoms with E-state index in [0.717, 1.165) is 49.2 Å². The summed E-state index contributed by atoms with van der Waals surface area (Å²) in [6.07, 6.45) is 7.53. The predicted octanol–water partition coefficient (Wildman–Crippen LogP) is 3.36. The second-order valence-corrected chi connectivity index (χ2v) is 6.33. The molecule has 0 spiro atoms. The van der Waals surface area contributed by atoms with Gasteiger partial charge in [-0.3, -0.25) is 0 Å². The van der Waals surface area contributed by atoms with E-state index in [4.69, 9.17) is 4.74 Å². The Morgan fingerprint density at radius 2 is 2.13 bits per heavy atom. The molecule has 1 aromatic carbocycles. The van der Waals surface area contributed by atoms with Crippen molar-refractivity contribution in [2.24, 2.45) is 5.92 Å². The molecule has 0 amide bonds. The monoisotopic (exact) mass is 311 g/mol. The molecule has 0 bridgehead atoms. The minimum Gasteiger partial charge on any atom is -0.381 e. The van der Waals surface area contributed by atoms with Gasteiger partial charge in [0.05, 0.1) is 0 Å². The lowest BCUT2D eigenvalue weighted by Gasteiger charge is -2.08. The van der Waals surface area contributed by atoms with Crippen LogP contribution < -0.4 is 5.32 Å². The van der Waals surface area contributed by atoms with Gasteiger partial charge in [-0.25, -0.2) is 9.97 Å². The summed E-state index contributed by atoms with van der Waals surface area (Å²) in [5.41, 5.74) is 3.43. The van der Waals surface area contributed by atoms with Crippen LogP contribution in [0.5, 0.6) is 0 Å². The van der Waals surface area contributed by atoms with Crippen LogP contribution in [0, 0.1) is 12.8 Å². The van der Waals surface area contributed by atoms with Crippen molar-refractivity contribution in [3.63, 3.8) is 0 Å². The summed E-state index contributed by atoms with van der Waals surface area (Å²) in [5.74, 6) is 1.56. The molecule has 1 N–H and O–H groups in total. The molecule has 2 aromatic rings. The molecule has 4 heteroatoms. The molecule has 0 radical (unpaired) electrons. The molecule has 1 aromatic heterocycles. The van der Waals surface area contributed by atoms with Crippen molar-refractivity contribution in [2.45, 2.75) is 32.7 Å². The van der Waals surface area contributed by atoms with Crippen LogP contribution in [0.25, 0.3) is 11.4 Å². The van der Waals surface area contributed by atoms with E-state index >= 15 is 0 Å². The van der Waals surface area contributed by atoms with E-state index in [9.17, 15) is 0 Å². The van der Waals surface area contributed by atoms with Crippen LogP contribution in [0.3, 0.4) is 0 Å². The van der Waals surface area contributed by atoms with Crippen LogP contribution >= 0.6 is 0 Å². The summed E-state index contributed by atoms with van der Waals surface area (Å²) < 4.78 is 5.40. The topological polar surface area (TPSA) is 47.0 Å². The average Bonchev–Trinajstić information content (AvgIpc) is 3.08. The van der Waals surface area contributed by atoms with Crippen LogP contribution in [0.4, 0.5) is 0 Å². The first kappa shape index (κ1) is 16.1. The minimum absolute atomic E-state index is 0.772. The van der Waals surface area contributed by atoms with Gasteiger partial charge in [0.2, 0.25) is 0 Å². The molecule has 1 unspecified atom stereocenters. The Morgan fingerprint density at radius 3 is 2.87 bits per heavy atom. The van der Waals surface area contributed by atoms with Gasteiger partial charge >= 0.3 is 0 Å². The molecular weight excluding hydrogens is 286 g/mol. The molecule has 1 atom stereocenters. The average molecular weight is 311 g/mol. The summed E-state index contributed by atoms with van der Waals surface area (Å²) in [7, 11) is 0. The Morgan fingerprint density at radius 1 is 1.26 bits per heavy atom. The number of ether oxygens (including phenoxy) is 1. The molecule has 1 aliphatic rings. The van der Waals surface area contributed by atoms with Gasteiger partial charge in [-0.2, -0.15) is 0 Å². The first-order valence-electron chi connectivity index (χ1n) is 8.48. The third-order valence-corrected chi connectivity index (χ3v) is 4.30. The van der Waals surface area contributed by atoms with Gasteiger partial charge in [-0.15, -0.1) is 0 Å². The highest BCUT2D eigenvalue weighted by Gasteiger charge is 2.14. The van der Waals surface area contributed by atoms with Gasteiger partial charge in [-0.05, 0) is 44.7 Å². The normalized spacial score (nSPS) is 17.5. The molecule has 122 valence electrons. The van der Waals surface area contributed by atoms with Gasteiger partial charge < -0.3 is 10.1 Å². The third kappa shape index (κ3) is 4.85. The van der Waals surface area contributed by atoms with E-state index in [1.165, 1.54) is 24.8 Å². The van der Waals surface area contributed by atoms with Gasteiger partial charge in [0.25, 0.3) is 0 Å². The highest BCUT2D eigenvalue weighted by molar-refractivity contribution is 5.55. The third-order valence-electron chi connectivity index (χ3n) is 4.30. The summed E-state index contributed by atoms with van der Waals surface area (Å²) in [5, 5.41) is 3.47. The predicted molar refractivity (Wildman–Crippen MR) is 92.1 cm³/mol. The molecule has 0 aliphatic carbocycles. The maximum absolute atomic E-state index is 5.40. The molecule has 1 aliphatic heterocycles. The van der Waals surface area contributed by atoms with Gasteiger partial charge in [-0.1, -0.05) is 23.8 Å². The fourth-order valence-electron chi connectivity index (χ4n) is 2.94. The van der Waals surface area contributed by atoms with Crippen LogP contribution in [-0.2, 0) is 11.3 Å². The van der Waals surface area contributed by atoms with Crippen molar-refractivity contribution in [3.8, 4) is 11.4 Å². The minimum atomic E-state index is 0.772. The van der Waals surface area contributed by atoms with Crippen molar-refractivity contribution in [2.75, 3.05) is 19.8 Å². The standard InChI is InChI=1S/C19H25N3O/c1-15-4-2-6-18(10-15)19-21-12-17(13-22-19)11-20-8-3-5-16-7-9-23-14-16/h2,4,6,10,12-13,16,20H,3,5,7-9,11,14H2,1H3.